The van der Waals surface area contributed by atoms with E-state index in [4.69, 9.17) is 4.74 Å². The molecule has 0 saturated heterocycles. The highest BCUT2D eigenvalue weighted by Gasteiger charge is 2.14. The van der Waals surface area contributed by atoms with Crippen LogP contribution in [-0.2, 0) is 6.61 Å². The third kappa shape index (κ3) is 5.91. The van der Waals surface area contributed by atoms with E-state index in [-0.39, 0.29) is 11.5 Å². The number of carbonyl (C=O) groups is 1. The summed E-state index contributed by atoms with van der Waals surface area (Å²) in [6.45, 7) is 6.80. The Labute approximate surface area is 150 Å². The van der Waals surface area contributed by atoms with Crippen LogP contribution in [0.3, 0.4) is 0 Å². The van der Waals surface area contributed by atoms with Crippen LogP contribution in [0.15, 0.2) is 48.5 Å². The van der Waals surface area contributed by atoms with Gasteiger partial charge in [-0.1, -0.05) is 44.2 Å². The predicted octanol–water partition coefficient (Wildman–Crippen LogP) is 4.28. The van der Waals surface area contributed by atoms with Gasteiger partial charge in [0.2, 0.25) is 0 Å². The van der Waals surface area contributed by atoms with Crippen molar-refractivity contribution in [2.45, 2.75) is 33.3 Å². The van der Waals surface area contributed by atoms with E-state index in [1.54, 1.807) is 12.1 Å². The van der Waals surface area contributed by atoms with Gasteiger partial charge in [-0.3, -0.25) is 9.69 Å². The Morgan fingerprint density at radius 3 is 2.36 bits per heavy atom. The van der Waals surface area contributed by atoms with E-state index in [2.05, 4.69) is 18.7 Å². The molecule has 2 aromatic rings. The molecule has 0 saturated carbocycles. The third-order valence-electron chi connectivity index (χ3n) is 3.97. The Morgan fingerprint density at radius 1 is 1.04 bits per heavy atom. The minimum atomic E-state index is 0.0476. The molecule has 0 heterocycles. The van der Waals surface area contributed by atoms with E-state index >= 15 is 0 Å². The van der Waals surface area contributed by atoms with Crippen molar-refractivity contribution in [3.63, 3.8) is 0 Å². The number of rotatable bonds is 10. The van der Waals surface area contributed by atoms with Crippen molar-refractivity contribution in [3.8, 4) is 11.5 Å². The normalized spacial score (nSPS) is 10.8. The van der Waals surface area contributed by atoms with Crippen LogP contribution < -0.4 is 4.74 Å². The molecule has 25 heavy (non-hydrogen) atoms. The van der Waals surface area contributed by atoms with Crippen molar-refractivity contribution >= 4 is 5.78 Å². The maximum absolute atomic E-state index is 12.6. The molecule has 0 spiro atoms. The van der Waals surface area contributed by atoms with Gasteiger partial charge in [0.25, 0.3) is 0 Å². The lowest BCUT2D eigenvalue weighted by molar-refractivity contribution is 0.0930. The number of aromatic hydroxyl groups is 1. The number of carbonyl (C=O) groups excluding carboxylic acids is 1. The molecular formula is C21H27NO3. The second kappa shape index (κ2) is 9.84. The van der Waals surface area contributed by atoms with Gasteiger partial charge in [-0.2, -0.15) is 0 Å². The summed E-state index contributed by atoms with van der Waals surface area (Å²) >= 11 is 0. The largest absolute Gasteiger partial charge is 0.504 e. The number of hydrogen-bond acceptors (Lipinski definition) is 4. The number of phenols is 1. The van der Waals surface area contributed by atoms with Crippen molar-refractivity contribution in [1.82, 2.24) is 4.90 Å². The quantitative estimate of drug-likeness (QED) is 0.656. The van der Waals surface area contributed by atoms with Gasteiger partial charge in [0.05, 0.1) is 6.54 Å². The highest BCUT2D eigenvalue weighted by atomic mass is 16.5. The first-order valence-electron chi connectivity index (χ1n) is 8.89. The lowest BCUT2D eigenvalue weighted by atomic mass is 10.1. The van der Waals surface area contributed by atoms with Crippen LogP contribution in [0.1, 0.15) is 42.6 Å². The average Bonchev–Trinajstić information content (AvgIpc) is 2.62. The number of Topliss-reactive ketones (excluding diaryl/α,β-unsaturated/α-hetero) is 1. The summed E-state index contributed by atoms with van der Waals surface area (Å²) in [7, 11) is 0. The summed E-state index contributed by atoms with van der Waals surface area (Å²) in [5, 5.41) is 10.00. The molecule has 0 fully saturated rings. The van der Waals surface area contributed by atoms with E-state index < -0.39 is 0 Å². The van der Waals surface area contributed by atoms with Crippen molar-refractivity contribution in [2.24, 2.45) is 0 Å². The van der Waals surface area contributed by atoms with E-state index in [0.29, 0.717) is 24.5 Å². The van der Waals surface area contributed by atoms with Gasteiger partial charge in [-0.05, 0) is 49.7 Å². The van der Waals surface area contributed by atoms with E-state index in [1.807, 2.05) is 30.3 Å². The highest BCUT2D eigenvalue weighted by molar-refractivity contribution is 5.98. The fourth-order valence-electron chi connectivity index (χ4n) is 2.74. The van der Waals surface area contributed by atoms with Crippen LogP contribution in [0.2, 0.25) is 0 Å². The Kier molecular flexibility index (Phi) is 7.48. The zero-order valence-electron chi connectivity index (χ0n) is 15.1. The summed E-state index contributed by atoms with van der Waals surface area (Å²) in [6, 6.07) is 14.6. The van der Waals surface area contributed by atoms with E-state index in [9.17, 15) is 9.90 Å². The molecule has 0 unspecified atom stereocenters. The maximum Gasteiger partial charge on any atom is 0.176 e. The average molecular weight is 341 g/mol. The second-order valence-electron chi connectivity index (χ2n) is 6.16. The summed E-state index contributed by atoms with van der Waals surface area (Å²) in [5.41, 5.74) is 1.58. The van der Waals surface area contributed by atoms with Crippen molar-refractivity contribution in [3.05, 3.63) is 59.7 Å². The van der Waals surface area contributed by atoms with Gasteiger partial charge < -0.3 is 9.84 Å². The Morgan fingerprint density at radius 2 is 1.72 bits per heavy atom. The maximum atomic E-state index is 12.6. The molecule has 4 heteroatoms. The molecule has 0 aromatic heterocycles. The third-order valence-corrected chi connectivity index (χ3v) is 3.97. The molecule has 0 atom stereocenters. The minimum Gasteiger partial charge on any atom is -0.504 e. The van der Waals surface area contributed by atoms with Crippen molar-refractivity contribution < 1.29 is 14.6 Å². The molecule has 0 aliphatic heterocycles. The molecule has 4 nitrogen and oxygen atoms in total. The van der Waals surface area contributed by atoms with Crippen LogP contribution in [0.25, 0.3) is 0 Å². The highest BCUT2D eigenvalue weighted by Crippen LogP contribution is 2.28. The molecule has 1 N–H and O–H groups in total. The minimum absolute atomic E-state index is 0.0476. The number of hydrogen-bond donors (Lipinski definition) is 1. The van der Waals surface area contributed by atoms with Gasteiger partial charge in [0.15, 0.2) is 17.3 Å². The smallest absolute Gasteiger partial charge is 0.176 e. The van der Waals surface area contributed by atoms with Crippen LogP contribution >= 0.6 is 0 Å². The topological polar surface area (TPSA) is 49.8 Å². The second-order valence-corrected chi connectivity index (χ2v) is 6.16. The number of phenolic OH excluding ortho intramolecular Hbond substituents is 1. The van der Waals surface area contributed by atoms with Crippen LogP contribution in [0.5, 0.6) is 11.5 Å². The zero-order chi connectivity index (χ0) is 18.1. The molecule has 2 aromatic carbocycles. The van der Waals surface area contributed by atoms with Crippen LogP contribution in [-0.4, -0.2) is 35.4 Å². The summed E-state index contributed by atoms with van der Waals surface area (Å²) < 4.78 is 5.70. The molecule has 0 amide bonds. The monoisotopic (exact) mass is 341 g/mol. The van der Waals surface area contributed by atoms with Gasteiger partial charge in [-0.15, -0.1) is 0 Å². The predicted molar refractivity (Wildman–Crippen MR) is 100 cm³/mol. The van der Waals surface area contributed by atoms with Crippen LogP contribution in [0.4, 0.5) is 0 Å². The Balaban J connectivity index is 2.05. The number of nitrogens with zero attached hydrogens (tertiary/aromatic N) is 1. The van der Waals surface area contributed by atoms with Gasteiger partial charge in [0.1, 0.15) is 6.61 Å². The first-order chi connectivity index (χ1) is 12.1. The molecular weight excluding hydrogens is 314 g/mol. The molecule has 0 aliphatic rings. The number of ether oxygens (including phenoxy) is 1. The summed E-state index contributed by atoms with van der Waals surface area (Å²) in [4.78, 5) is 14.7. The molecule has 0 bridgehead atoms. The van der Waals surface area contributed by atoms with Crippen molar-refractivity contribution in [1.29, 1.82) is 0 Å². The van der Waals surface area contributed by atoms with Crippen LogP contribution in [0, 0.1) is 0 Å². The van der Waals surface area contributed by atoms with Gasteiger partial charge >= 0.3 is 0 Å². The van der Waals surface area contributed by atoms with E-state index in [0.717, 1.165) is 31.5 Å². The SMILES string of the molecule is CCCN(CCC)CC(=O)c1ccc(O)c(OCc2ccccc2)c1. The molecule has 134 valence electrons. The lowest BCUT2D eigenvalue weighted by Crippen LogP contribution is -2.31. The van der Waals surface area contributed by atoms with Gasteiger partial charge in [-0.25, -0.2) is 0 Å². The van der Waals surface area contributed by atoms with E-state index in [1.165, 1.54) is 6.07 Å². The standard InChI is InChI=1S/C21H27NO3/c1-3-12-22(13-4-2)15-20(24)18-10-11-19(23)21(14-18)25-16-17-8-6-5-7-9-17/h5-11,14,23H,3-4,12-13,15-16H2,1-2H3. The fraction of sp³-hybridized carbons (Fsp3) is 0.381. The fourth-order valence-corrected chi connectivity index (χ4v) is 2.74. The first kappa shape index (κ1) is 19.0. The summed E-state index contributed by atoms with van der Waals surface area (Å²) in [5.74, 6) is 0.435. The lowest BCUT2D eigenvalue weighted by Gasteiger charge is -2.20. The number of ketones is 1. The molecule has 0 aliphatic carbocycles. The first-order valence-corrected chi connectivity index (χ1v) is 8.89. The molecule has 0 radical (unpaired) electrons. The summed E-state index contributed by atoms with van der Waals surface area (Å²) in [6.07, 6.45) is 2.04. The van der Waals surface area contributed by atoms with Gasteiger partial charge in [0, 0.05) is 5.56 Å². The number of benzene rings is 2. The Bertz CT molecular complexity index is 664. The zero-order valence-corrected chi connectivity index (χ0v) is 15.1. The van der Waals surface area contributed by atoms with Crippen molar-refractivity contribution in [2.75, 3.05) is 19.6 Å². The Hall–Kier alpha value is -2.33. The molecule has 2 rings (SSSR count).